The Morgan fingerprint density at radius 3 is 2.45 bits per heavy atom. The number of benzene rings is 3. The van der Waals surface area contributed by atoms with E-state index < -0.39 is 17.8 Å². The van der Waals surface area contributed by atoms with Crippen molar-refractivity contribution >= 4 is 45.5 Å². The van der Waals surface area contributed by atoms with Gasteiger partial charge in [-0.15, -0.1) is 0 Å². The molecule has 0 unspecified atom stereocenters. The lowest BCUT2D eigenvalue weighted by molar-refractivity contribution is -0.122. The minimum absolute atomic E-state index is 0.165. The van der Waals surface area contributed by atoms with E-state index in [2.05, 4.69) is 27.3 Å². The van der Waals surface area contributed by atoms with E-state index in [0.29, 0.717) is 27.0 Å². The van der Waals surface area contributed by atoms with Crippen molar-refractivity contribution in [2.75, 3.05) is 4.90 Å². The van der Waals surface area contributed by atoms with Crippen molar-refractivity contribution in [2.24, 2.45) is 0 Å². The van der Waals surface area contributed by atoms with Gasteiger partial charge in [-0.05, 0) is 57.9 Å². The number of urea groups is 1. The lowest BCUT2D eigenvalue weighted by atomic mass is 10.1. The molecule has 33 heavy (non-hydrogen) atoms. The number of nitrogens with zero attached hydrogens (tertiary/aromatic N) is 2. The molecule has 1 saturated heterocycles. The van der Waals surface area contributed by atoms with Crippen LogP contribution >= 0.6 is 15.9 Å². The molecule has 1 aliphatic heterocycles. The quantitative estimate of drug-likeness (QED) is 0.407. The molecule has 0 radical (unpaired) electrons. The van der Waals surface area contributed by atoms with Crippen molar-refractivity contribution in [1.82, 2.24) is 5.32 Å². The topological polar surface area (TPSA) is 99.5 Å². The summed E-state index contributed by atoms with van der Waals surface area (Å²) >= 11 is 3.44. The van der Waals surface area contributed by atoms with Gasteiger partial charge in [0.1, 0.15) is 17.9 Å². The summed E-state index contributed by atoms with van der Waals surface area (Å²) in [4.78, 5) is 38.5. The van der Waals surface area contributed by atoms with Gasteiger partial charge < -0.3 is 4.74 Å². The molecule has 162 valence electrons. The Labute approximate surface area is 198 Å². The molecule has 3 aromatic carbocycles. The number of carbonyl (C=O) groups excluding carboxylic acids is 3. The molecule has 0 aliphatic carbocycles. The van der Waals surface area contributed by atoms with Crippen LogP contribution in [0.3, 0.4) is 0 Å². The molecule has 0 bridgehead atoms. The van der Waals surface area contributed by atoms with Gasteiger partial charge in [0.15, 0.2) is 0 Å². The van der Waals surface area contributed by atoms with Crippen molar-refractivity contribution in [3.05, 3.63) is 99.5 Å². The number of imide groups is 2. The summed E-state index contributed by atoms with van der Waals surface area (Å²) in [6.45, 7) is 0.206. The number of barbiturate groups is 1. The summed E-state index contributed by atoms with van der Waals surface area (Å²) < 4.78 is 6.43. The van der Waals surface area contributed by atoms with Gasteiger partial charge in [0.05, 0.1) is 21.8 Å². The average Bonchev–Trinajstić information content (AvgIpc) is 2.82. The van der Waals surface area contributed by atoms with Crippen LogP contribution in [0.4, 0.5) is 10.5 Å². The third kappa shape index (κ3) is 4.68. The highest BCUT2D eigenvalue weighted by Gasteiger charge is 2.36. The molecule has 0 spiro atoms. The number of hydrogen-bond acceptors (Lipinski definition) is 5. The number of anilines is 1. The predicted molar refractivity (Wildman–Crippen MR) is 125 cm³/mol. The molecule has 8 heteroatoms. The first-order valence-electron chi connectivity index (χ1n) is 9.85. The van der Waals surface area contributed by atoms with Gasteiger partial charge in [-0.2, -0.15) is 5.26 Å². The number of hydrogen-bond donors (Lipinski definition) is 1. The van der Waals surface area contributed by atoms with Crippen LogP contribution in [0.5, 0.6) is 5.75 Å². The number of amides is 4. The maximum absolute atomic E-state index is 12.9. The Balaban J connectivity index is 1.56. The Hall–Kier alpha value is -4.22. The first-order chi connectivity index (χ1) is 16.0. The molecule has 1 N–H and O–H groups in total. The van der Waals surface area contributed by atoms with E-state index in [-0.39, 0.29) is 12.2 Å². The Morgan fingerprint density at radius 2 is 1.73 bits per heavy atom. The highest BCUT2D eigenvalue weighted by Crippen LogP contribution is 2.29. The summed E-state index contributed by atoms with van der Waals surface area (Å²) in [6, 6.07) is 21.9. The van der Waals surface area contributed by atoms with E-state index in [4.69, 9.17) is 4.74 Å². The molecule has 0 aromatic heterocycles. The molecular weight excluding hydrogens is 486 g/mol. The summed E-state index contributed by atoms with van der Waals surface area (Å²) in [5.41, 5.74) is 2.05. The van der Waals surface area contributed by atoms with E-state index in [1.807, 2.05) is 12.1 Å². The molecule has 1 heterocycles. The third-order valence-corrected chi connectivity index (χ3v) is 5.52. The van der Waals surface area contributed by atoms with E-state index in [1.54, 1.807) is 60.7 Å². The van der Waals surface area contributed by atoms with Gasteiger partial charge in [-0.1, -0.05) is 42.5 Å². The van der Waals surface area contributed by atoms with E-state index >= 15 is 0 Å². The third-order valence-electron chi connectivity index (χ3n) is 4.90. The molecule has 4 amide bonds. The number of nitriles is 1. The van der Waals surface area contributed by atoms with Crippen LogP contribution in [-0.4, -0.2) is 17.8 Å². The van der Waals surface area contributed by atoms with Gasteiger partial charge in [-0.25, -0.2) is 9.69 Å². The molecule has 0 atom stereocenters. The largest absolute Gasteiger partial charge is 0.488 e. The molecule has 3 aromatic rings. The number of halogens is 1. The molecule has 7 nitrogen and oxygen atoms in total. The summed E-state index contributed by atoms with van der Waals surface area (Å²) in [5, 5.41) is 11.4. The van der Waals surface area contributed by atoms with Crippen LogP contribution in [0.1, 0.15) is 16.7 Å². The van der Waals surface area contributed by atoms with Crippen molar-refractivity contribution in [3.8, 4) is 11.8 Å². The van der Waals surface area contributed by atoms with Crippen molar-refractivity contribution < 1.29 is 19.1 Å². The number of nitrogens with one attached hydrogen (secondary N) is 1. The van der Waals surface area contributed by atoms with Gasteiger partial charge in [0.25, 0.3) is 11.8 Å². The van der Waals surface area contributed by atoms with Crippen molar-refractivity contribution in [2.45, 2.75) is 6.61 Å². The monoisotopic (exact) mass is 501 g/mol. The van der Waals surface area contributed by atoms with Gasteiger partial charge in [0, 0.05) is 5.56 Å². The zero-order valence-corrected chi connectivity index (χ0v) is 18.7. The highest BCUT2D eigenvalue weighted by atomic mass is 79.9. The van der Waals surface area contributed by atoms with Crippen LogP contribution in [0, 0.1) is 11.3 Å². The fraction of sp³-hybridized carbons (Fsp3) is 0.0400. The summed E-state index contributed by atoms with van der Waals surface area (Å²) in [6.07, 6.45) is 1.42. The van der Waals surface area contributed by atoms with Crippen LogP contribution < -0.4 is 15.0 Å². The second-order valence-electron chi connectivity index (χ2n) is 7.04. The molecular formula is C25H16BrN3O4. The van der Waals surface area contributed by atoms with Gasteiger partial charge >= 0.3 is 6.03 Å². The highest BCUT2D eigenvalue weighted by molar-refractivity contribution is 9.10. The fourth-order valence-corrected chi connectivity index (χ4v) is 3.78. The molecule has 1 aliphatic rings. The standard InChI is InChI=1S/C25H16BrN3O4/c26-21-13-16(10-11-22(21)33-15-18-7-5-4-6-17(18)14-27)12-20-23(30)28-25(32)29(24(20)31)19-8-2-1-3-9-19/h1-13H,15H2,(H,28,30,32)/b20-12+. The van der Waals surface area contributed by atoms with E-state index in [1.165, 1.54) is 6.08 Å². The smallest absolute Gasteiger partial charge is 0.335 e. The summed E-state index contributed by atoms with van der Waals surface area (Å²) in [7, 11) is 0. The zero-order valence-electron chi connectivity index (χ0n) is 17.1. The zero-order chi connectivity index (χ0) is 23.4. The van der Waals surface area contributed by atoms with Gasteiger partial charge in [-0.3, -0.25) is 14.9 Å². The lowest BCUT2D eigenvalue weighted by Crippen LogP contribution is -2.54. The van der Waals surface area contributed by atoms with Crippen LogP contribution in [0.25, 0.3) is 6.08 Å². The molecule has 4 rings (SSSR count). The Bertz CT molecular complexity index is 1330. The Kier molecular flexibility index (Phi) is 6.33. The first kappa shape index (κ1) is 22.0. The fourth-order valence-electron chi connectivity index (χ4n) is 3.27. The number of para-hydroxylation sites is 1. The van der Waals surface area contributed by atoms with Crippen LogP contribution in [-0.2, 0) is 16.2 Å². The number of rotatable bonds is 5. The summed E-state index contributed by atoms with van der Waals surface area (Å²) in [5.74, 6) is -0.938. The minimum Gasteiger partial charge on any atom is -0.488 e. The van der Waals surface area contributed by atoms with E-state index in [9.17, 15) is 19.6 Å². The van der Waals surface area contributed by atoms with Crippen LogP contribution in [0.15, 0.2) is 82.8 Å². The first-order valence-corrected chi connectivity index (χ1v) is 10.6. The second kappa shape index (κ2) is 9.51. The maximum Gasteiger partial charge on any atom is 0.335 e. The van der Waals surface area contributed by atoms with Crippen molar-refractivity contribution in [1.29, 1.82) is 5.26 Å². The second-order valence-corrected chi connectivity index (χ2v) is 7.90. The van der Waals surface area contributed by atoms with Gasteiger partial charge in [0.2, 0.25) is 0 Å². The minimum atomic E-state index is -0.795. The number of ether oxygens (including phenoxy) is 1. The van der Waals surface area contributed by atoms with Crippen LogP contribution in [0.2, 0.25) is 0 Å². The molecule has 1 fully saturated rings. The molecule has 0 saturated carbocycles. The SMILES string of the molecule is N#Cc1ccccc1COc1ccc(/C=C2\C(=O)NC(=O)N(c3ccccc3)C2=O)cc1Br. The normalized spacial score (nSPS) is 14.7. The Morgan fingerprint density at radius 1 is 1.00 bits per heavy atom. The maximum atomic E-state index is 12.9. The predicted octanol–water partition coefficient (Wildman–Crippen LogP) is 4.57. The van der Waals surface area contributed by atoms with E-state index in [0.717, 1.165) is 10.5 Å². The lowest BCUT2D eigenvalue weighted by Gasteiger charge is -2.26. The number of carbonyl (C=O) groups is 3. The van der Waals surface area contributed by atoms with Crippen molar-refractivity contribution in [3.63, 3.8) is 0 Å². The average molecular weight is 502 g/mol.